The average Bonchev–Trinajstić information content (AvgIpc) is 3.07. The van der Waals surface area contributed by atoms with Crippen molar-refractivity contribution in [1.82, 2.24) is 9.80 Å². The van der Waals surface area contributed by atoms with Crippen LogP contribution in [0.25, 0.3) is 6.08 Å². The van der Waals surface area contributed by atoms with Gasteiger partial charge < -0.3 is 0 Å². The summed E-state index contributed by atoms with van der Waals surface area (Å²) in [4.78, 5) is 9.67. The molecule has 2 aliphatic heterocycles. The topological polar surface area (TPSA) is 18.8 Å². The van der Waals surface area contributed by atoms with Gasteiger partial charge in [0.15, 0.2) is 0 Å². The third-order valence-corrected chi connectivity index (χ3v) is 5.12. The first kappa shape index (κ1) is 16.2. The number of hydrogen-bond acceptors (Lipinski definition) is 3. The molecule has 2 heterocycles. The largest absolute Gasteiger partial charge is 0.300 e. The van der Waals surface area contributed by atoms with Crippen LogP contribution < -0.4 is 0 Å². The summed E-state index contributed by atoms with van der Waals surface area (Å²) in [6, 6.07) is 19.1. The molecule has 0 saturated carbocycles. The first-order valence-electron chi connectivity index (χ1n) is 9.18. The third kappa shape index (κ3) is 4.06. The number of aliphatic imine (C=N–C) groups is 1. The van der Waals surface area contributed by atoms with Gasteiger partial charge in [0.05, 0.1) is 5.69 Å². The molecule has 2 aromatic rings. The Bertz CT molecular complexity index is 743. The number of hydrogen-bond donors (Lipinski definition) is 0. The van der Waals surface area contributed by atoms with Crippen LogP contribution in [0.2, 0.25) is 0 Å². The summed E-state index contributed by atoms with van der Waals surface area (Å²) in [5.74, 6) is 0.459. The van der Waals surface area contributed by atoms with Crippen molar-refractivity contribution in [2.75, 3.05) is 39.3 Å². The van der Waals surface area contributed by atoms with Crippen LogP contribution in [0.1, 0.15) is 17.0 Å². The van der Waals surface area contributed by atoms with E-state index in [1.165, 1.54) is 11.1 Å². The zero-order valence-electron chi connectivity index (χ0n) is 14.6. The second-order valence-corrected chi connectivity index (χ2v) is 6.86. The molecule has 25 heavy (non-hydrogen) atoms. The highest BCUT2D eigenvalue weighted by atomic mass is 15.3. The van der Waals surface area contributed by atoms with E-state index in [1.54, 1.807) is 0 Å². The quantitative estimate of drug-likeness (QED) is 0.829. The van der Waals surface area contributed by atoms with Crippen molar-refractivity contribution >= 4 is 18.0 Å². The lowest BCUT2D eigenvalue weighted by Crippen LogP contribution is -2.47. The number of para-hydroxylation sites is 1. The molecule has 1 fully saturated rings. The SMILES string of the molecule is C1=Nc2ccccc2C1CN1CCN(C/C=C/c2ccccc2)CC1. The first-order chi connectivity index (χ1) is 12.4. The summed E-state index contributed by atoms with van der Waals surface area (Å²) in [6.45, 7) is 6.71. The lowest BCUT2D eigenvalue weighted by Gasteiger charge is -2.35. The molecule has 2 aromatic carbocycles. The van der Waals surface area contributed by atoms with Crippen LogP contribution in [0.15, 0.2) is 65.7 Å². The predicted octanol–water partition coefficient (Wildman–Crippen LogP) is 3.82. The van der Waals surface area contributed by atoms with Crippen molar-refractivity contribution in [3.63, 3.8) is 0 Å². The van der Waals surface area contributed by atoms with Crippen LogP contribution in [0.3, 0.4) is 0 Å². The van der Waals surface area contributed by atoms with E-state index >= 15 is 0 Å². The Kier molecular flexibility index (Phi) is 5.05. The normalized spacial score (nSPS) is 21.0. The van der Waals surface area contributed by atoms with E-state index in [-0.39, 0.29) is 0 Å². The first-order valence-corrected chi connectivity index (χ1v) is 9.18. The Morgan fingerprint density at radius 1 is 0.880 bits per heavy atom. The summed E-state index contributed by atoms with van der Waals surface area (Å²) >= 11 is 0. The summed E-state index contributed by atoms with van der Waals surface area (Å²) in [5.41, 5.74) is 3.81. The Morgan fingerprint density at radius 2 is 1.60 bits per heavy atom. The molecule has 1 unspecified atom stereocenters. The van der Waals surface area contributed by atoms with Crippen molar-refractivity contribution in [1.29, 1.82) is 0 Å². The Labute approximate surface area is 150 Å². The molecule has 0 spiro atoms. The number of rotatable bonds is 5. The van der Waals surface area contributed by atoms with E-state index < -0.39 is 0 Å². The van der Waals surface area contributed by atoms with E-state index in [4.69, 9.17) is 0 Å². The van der Waals surface area contributed by atoms with Gasteiger partial charge in [0.25, 0.3) is 0 Å². The fraction of sp³-hybridized carbons (Fsp3) is 0.318. The van der Waals surface area contributed by atoms with E-state index in [9.17, 15) is 0 Å². The summed E-state index contributed by atoms with van der Waals surface area (Å²) in [7, 11) is 0. The molecule has 0 N–H and O–H groups in total. The van der Waals surface area contributed by atoms with Crippen molar-refractivity contribution < 1.29 is 0 Å². The fourth-order valence-corrected chi connectivity index (χ4v) is 3.65. The highest BCUT2D eigenvalue weighted by Crippen LogP contribution is 2.32. The summed E-state index contributed by atoms with van der Waals surface area (Å²) < 4.78 is 0. The minimum absolute atomic E-state index is 0.459. The monoisotopic (exact) mass is 331 g/mol. The molecule has 1 saturated heterocycles. The molecule has 0 aromatic heterocycles. The van der Waals surface area contributed by atoms with E-state index in [2.05, 4.69) is 87.8 Å². The lowest BCUT2D eigenvalue weighted by molar-refractivity contribution is 0.142. The minimum Gasteiger partial charge on any atom is -0.300 e. The maximum absolute atomic E-state index is 4.56. The van der Waals surface area contributed by atoms with Gasteiger partial charge in [-0.3, -0.25) is 14.8 Å². The van der Waals surface area contributed by atoms with Crippen LogP contribution in [-0.2, 0) is 0 Å². The van der Waals surface area contributed by atoms with Gasteiger partial charge in [0, 0.05) is 51.4 Å². The molecule has 3 nitrogen and oxygen atoms in total. The van der Waals surface area contributed by atoms with Crippen LogP contribution in [-0.4, -0.2) is 55.3 Å². The number of nitrogens with zero attached hydrogens (tertiary/aromatic N) is 3. The van der Waals surface area contributed by atoms with Gasteiger partial charge in [-0.05, 0) is 17.2 Å². The Balaban J connectivity index is 1.24. The molecule has 0 bridgehead atoms. The minimum atomic E-state index is 0.459. The standard InChI is InChI=1S/C22H25N3/c1-2-7-19(8-3-1)9-6-12-24-13-15-25(16-14-24)18-20-17-23-22-11-5-4-10-21(20)22/h1-11,17,20H,12-16,18H2/b9-6+. The van der Waals surface area contributed by atoms with Crippen LogP contribution in [0.5, 0.6) is 0 Å². The fourth-order valence-electron chi connectivity index (χ4n) is 3.65. The van der Waals surface area contributed by atoms with Crippen LogP contribution in [0.4, 0.5) is 5.69 Å². The van der Waals surface area contributed by atoms with Crippen molar-refractivity contribution in [2.45, 2.75) is 5.92 Å². The highest BCUT2D eigenvalue weighted by molar-refractivity contribution is 5.80. The molecule has 0 amide bonds. The average molecular weight is 331 g/mol. The Hall–Kier alpha value is -2.23. The molecular formula is C22H25N3. The molecule has 0 radical (unpaired) electrons. The Morgan fingerprint density at radius 3 is 2.44 bits per heavy atom. The molecule has 4 rings (SSSR count). The van der Waals surface area contributed by atoms with Gasteiger partial charge in [0.1, 0.15) is 0 Å². The van der Waals surface area contributed by atoms with Gasteiger partial charge in [-0.15, -0.1) is 0 Å². The number of fused-ring (bicyclic) bond motifs is 1. The highest BCUT2D eigenvalue weighted by Gasteiger charge is 2.23. The van der Waals surface area contributed by atoms with Crippen molar-refractivity contribution in [2.24, 2.45) is 4.99 Å². The number of benzene rings is 2. The van der Waals surface area contributed by atoms with Gasteiger partial charge in [0.2, 0.25) is 0 Å². The molecule has 2 aliphatic rings. The number of piperazine rings is 1. The zero-order chi connectivity index (χ0) is 16.9. The summed E-state index contributed by atoms with van der Waals surface area (Å²) in [5, 5.41) is 0. The second-order valence-electron chi connectivity index (χ2n) is 6.86. The van der Waals surface area contributed by atoms with Crippen molar-refractivity contribution in [3.05, 3.63) is 71.8 Å². The molecule has 0 aliphatic carbocycles. The lowest BCUT2D eigenvalue weighted by atomic mass is 10.0. The van der Waals surface area contributed by atoms with Crippen LogP contribution in [0, 0.1) is 0 Å². The van der Waals surface area contributed by atoms with E-state index in [0.29, 0.717) is 5.92 Å². The van der Waals surface area contributed by atoms with Crippen LogP contribution >= 0.6 is 0 Å². The summed E-state index contributed by atoms with van der Waals surface area (Å²) in [6.07, 6.45) is 6.63. The van der Waals surface area contributed by atoms with Gasteiger partial charge in [-0.2, -0.15) is 0 Å². The van der Waals surface area contributed by atoms with Gasteiger partial charge >= 0.3 is 0 Å². The molecule has 128 valence electrons. The maximum Gasteiger partial charge on any atom is 0.0665 e. The predicted molar refractivity (Wildman–Crippen MR) is 106 cm³/mol. The van der Waals surface area contributed by atoms with E-state index in [0.717, 1.165) is 45.0 Å². The van der Waals surface area contributed by atoms with Gasteiger partial charge in [-0.25, -0.2) is 0 Å². The van der Waals surface area contributed by atoms with Crippen molar-refractivity contribution in [3.8, 4) is 0 Å². The van der Waals surface area contributed by atoms with Gasteiger partial charge in [-0.1, -0.05) is 60.7 Å². The molecule has 1 atom stereocenters. The maximum atomic E-state index is 4.56. The second kappa shape index (κ2) is 7.77. The molecular weight excluding hydrogens is 306 g/mol. The zero-order valence-corrected chi connectivity index (χ0v) is 14.6. The van der Waals surface area contributed by atoms with E-state index in [1.807, 2.05) is 0 Å². The third-order valence-electron chi connectivity index (χ3n) is 5.12. The smallest absolute Gasteiger partial charge is 0.0665 e. The molecule has 3 heteroatoms.